The number of halogens is 1. The molecule has 0 heterocycles. The van der Waals surface area contributed by atoms with Gasteiger partial charge in [-0.3, -0.25) is 0 Å². The van der Waals surface area contributed by atoms with E-state index in [1.54, 1.807) is 0 Å². The number of likely N-dealkylation sites (N-methyl/N-ethyl adjacent to an activating group) is 1. The minimum atomic E-state index is 0. The van der Waals surface area contributed by atoms with Crippen LogP contribution in [0.3, 0.4) is 0 Å². The van der Waals surface area contributed by atoms with Crippen molar-refractivity contribution in [2.24, 2.45) is 0 Å². The molecular weight excluding hydrogens is 358 g/mol. The summed E-state index contributed by atoms with van der Waals surface area (Å²) in [6, 6.07) is 26.6. The largest absolute Gasteiger partial charge is 0.485 e. The molecule has 0 saturated heterocycles. The lowest BCUT2D eigenvalue weighted by atomic mass is 10.1. The summed E-state index contributed by atoms with van der Waals surface area (Å²) >= 11 is 0. The molecule has 0 spiro atoms. The Morgan fingerprint density at radius 1 is 0.667 bits per heavy atom. The van der Waals surface area contributed by atoms with Gasteiger partial charge in [-0.05, 0) is 48.8 Å². The Morgan fingerprint density at radius 3 is 1.78 bits per heavy atom. The van der Waals surface area contributed by atoms with Crippen LogP contribution < -0.4 is 14.8 Å². The third-order valence-electron chi connectivity index (χ3n) is 4.15. The van der Waals surface area contributed by atoms with E-state index in [1.807, 2.05) is 49.5 Å². The summed E-state index contributed by atoms with van der Waals surface area (Å²) in [5, 5.41) is 3.18. The zero-order valence-corrected chi connectivity index (χ0v) is 16.4. The minimum Gasteiger partial charge on any atom is -0.485 e. The van der Waals surface area contributed by atoms with Crippen LogP contribution in [0.1, 0.15) is 16.7 Å². The Balaban J connectivity index is 0.00000261. The molecule has 0 amide bonds. The van der Waals surface area contributed by atoms with E-state index in [1.165, 1.54) is 5.56 Å². The van der Waals surface area contributed by atoms with Crippen molar-refractivity contribution >= 4 is 12.4 Å². The molecule has 0 atom stereocenters. The van der Waals surface area contributed by atoms with E-state index in [2.05, 4.69) is 41.7 Å². The van der Waals surface area contributed by atoms with Gasteiger partial charge in [-0.2, -0.15) is 0 Å². The lowest BCUT2D eigenvalue weighted by Gasteiger charge is -2.15. The molecule has 0 aliphatic heterocycles. The molecular formula is C23H26ClNO2. The van der Waals surface area contributed by atoms with Crippen LogP contribution in [0.15, 0.2) is 78.9 Å². The predicted molar refractivity (Wildman–Crippen MR) is 113 cm³/mol. The first-order valence-corrected chi connectivity index (χ1v) is 8.96. The van der Waals surface area contributed by atoms with E-state index >= 15 is 0 Å². The second kappa shape index (κ2) is 11.3. The molecule has 27 heavy (non-hydrogen) atoms. The number of nitrogens with one attached hydrogen (secondary N) is 1. The van der Waals surface area contributed by atoms with Crippen LogP contribution in [0.5, 0.6) is 11.5 Å². The first-order chi connectivity index (χ1) is 12.8. The summed E-state index contributed by atoms with van der Waals surface area (Å²) in [4.78, 5) is 0. The highest BCUT2D eigenvalue weighted by molar-refractivity contribution is 5.85. The molecule has 0 unspecified atom stereocenters. The Kier molecular flexibility index (Phi) is 8.69. The van der Waals surface area contributed by atoms with Gasteiger partial charge in [0.2, 0.25) is 0 Å². The Hall–Kier alpha value is -2.49. The third-order valence-corrected chi connectivity index (χ3v) is 4.15. The molecule has 3 nitrogen and oxygen atoms in total. The van der Waals surface area contributed by atoms with Crippen molar-refractivity contribution in [1.29, 1.82) is 0 Å². The van der Waals surface area contributed by atoms with Gasteiger partial charge in [0.1, 0.15) is 13.2 Å². The van der Waals surface area contributed by atoms with E-state index in [0.717, 1.165) is 35.6 Å². The fourth-order valence-corrected chi connectivity index (χ4v) is 2.68. The molecule has 1 N–H and O–H groups in total. The molecule has 0 fully saturated rings. The Bertz CT molecular complexity index is 794. The highest BCUT2D eigenvalue weighted by Crippen LogP contribution is 2.30. The zero-order valence-electron chi connectivity index (χ0n) is 15.6. The van der Waals surface area contributed by atoms with Crippen molar-refractivity contribution in [2.75, 3.05) is 13.6 Å². The number of hydrogen-bond donors (Lipinski definition) is 1. The maximum atomic E-state index is 6.09. The van der Waals surface area contributed by atoms with E-state index in [9.17, 15) is 0 Å². The molecule has 0 bridgehead atoms. The van der Waals surface area contributed by atoms with Crippen LogP contribution in [-0.4, -0.2) is 13.6 Å². The van der Waals surface area contributed by atoms with Gasteiger partial charge in [-0.15, -0.1) is 12.4 Å². The van der Waals surface area contributed by atoms with Crippen LogP contribution in [-0.2, 0) is 19.6 Å². The number of rotatable bonds is 9. The smallest absolute Gasteiger partial charge is 0.161 e. The van der Waals surface area contributed by atoms with Crippen molar-refractivity contribution in [3.63, 3.8) is 0 Å². The molecule has 0 radical (unpaired) electrons. The van der Waals surface area contributed by atoms with Crippen LogP contribution in [0.2, 0.25) is 0 Å². The second-order valence-corrected chi connectivity index (χ2v) is 6.18. The predicted octanol–water partition coefficient (Wildman–Crippen LogP) is 5.03. The SMILES string of the molecule is CNCCc1ccc(OCc2ccccc2)c(OCc2ccccc2)c1.Cl. The van der Waals surface area contributed by atoms with Crippen molar-refractivity contribution in [3.05, 3.63) is 95.6 Å². The monoisotopic (exact) mass is 383 g/mol. The van der Waals surface area contributed by atoms with Gasteiger partial charge in [0.25, 0.3) is 0 Å². The second-order valence-electron chi connectivity index (χ2n) is 6.18. The van der Waals surface area contributed by atoms with E-state index in [-0.39, 0.29) is 12.4 Å². The fourth-order valence-electron chi connectivity index (χ4n) is 2.68. The maximum absolute atomic E-state index is 6.09. The summed E-state index contributed by atoms with van der Waals surface area (Å²) < 4.78 is 12.1. The molecule has 4 heteroatoms. The van der Waals surface area contributed by atoms with Gasteiger partial charge < -0.3 is 14.8 Å². The maximum Gasteiger partial charge on any atom is 0.161 e. The molecule has 0 aliphatic carbocycles. The number of hydrogen-bond acceptors (Lipinski definition) is 3. The average Bonchev–Trinajstić information content (AvgIpc) is 2.71. The highest BCUT2D eigenvalue weighted by atomic mass is 35.5. The molecule has 0 aliphatic rings. The molecule has 3 aromatic carbocycles. The minimum absolute atomic E-state index is 0. The molecule has 142 valence electrons. The highest BCUT2D eigenvalue weighted by Gasteiger charge is 2.08. The molecule has 0 saturated carbocycles. The fraction of sp³-hybridized carbons (Fsp3) is 0.217. The van der Waals surface area contributed by atoms with Crippen molar-refractivity contribution < 1.29 is 9.47 Å². The summed E-state index contributed by atoms with van der Waals surface area (Å²) in [5.74, 6) is 1.57. The first kappa shape index (κ1) is 20.8. The normalized spacial score (nSPS) is 10.1. The third kappa shape index (κ3) is 6.63. The summed E-state index contributed by atoms with van der Waals surface area (Å²) in [6.45, 7) is 1.98. The van der Waals surface area contributed by atoms with Crippen LogP contribution in [0.25, 0.3) is 0 Å². The van der Waals surface area contributed by atoms with Gasteiger partial charge in [0.05, 0.1) is 0 Å². The zero-order chi connectivity index (χ0) is 18.0. The van der Waals surface area contributed by atoms with E-state index in [0.29, 0.717) is 13.2 Å². The van der Waals surface area contributed by atoms with Crippen LogP contribution in [0, 0.1) is 0 Å². The van der Waals surface area contributed by atoms with Crippen LogP contribution >= 0.6 is 12.4 Å². The van der Waals surface area contributed by atoms with Gasteiger partial charge in [-0.1, -0.05) is 66.7 Å². The quantitative estimate of drug-likeness (QED) is 0.562. The van der Waals surface area contributed by atoms with Crippen molar-refractivity contribution in [3.8, 4) is 11.5 Å². The number of ether oxygens (including phenoxy) is 2. The lowest BCUT2D eigenvalue weighted by molar-refractivity contribution is 0.255. The van der Waals surface area contributed by atoms with Crippen molar-refractivity contribution in [1.82, 2.24) is 5.32 Å². The number of benzene rings is 3. The Labute approximate surface area is 167 Å². The topological polar surface area (TPSA) is 30.5 Å². The summed E-state index contributed by atoms with van der Waals surface area (Å²) in [6.07, 6.45) is 0.956. The average molecular weight is 384 g/mol. The summed E-state index contributed by atoms with van der Waals surface area (Å²) in [7, 11) is 1.96. The molecule has 3 aromatic rings. The first-order valence-electron chi connectivity index (χ1n) is 8.96. The van der Waals surface area contributed by atoms with Crippen molar-refractivity contribution in [2.45, 2.75) is 19.6 Å². The van der Waals surface area contributed by atoms with Crippen LogP contribution in [0.4, 0.5) is 0 Å². The van der Waals surface area contributed by atoms with Gasteiger partial charge in [0, 0.05) is 0 Å². The molecule has 3 rings (SSSR count). The molecule has 0 aromatic heterocycles. The summed E-state index contributed by atoms with van der Waals surface area (Å²) in [5.41, 5.74) is 3.51. The standard InChI is InChI=1S/C23H25NO2.ClH/c1-24-15-14-19-12-13-22(25-17-20-8-4-2-5-9-20)23(16-19)26-18-21-10-6-3-7-11-21;/h2-13,16,24H,14-15,17-18H2,1H3;1H. The van der Waals surface area contributed by atoms with Gasteiger partial charge in [-0.25, -0.2) is 0 Å². The van der Waals surface area contributed by atoms with E-state index in [4.69, 9.17) is 9.47 Å². The lowest BCUT2D eigenvalue weighted by Crippen LogP contribution is -2.10. The van der Waals surface area contributed by atoms with E-state index < -0.39 is 0 Å². The van der Waals surface area contributed by atoms with Gasteiger partial charge in [0.15, 0.2) is 11.5 Å². The van der Waals surface area contributed by atoms with Gasteiger partial charge >= 0.3 is 0 Å². The Morgan fingerprint density at radius 2 is 1.22 bits per heavy atom.